The van der Waals surface area contributed by atoms with E-state index in [1.807, 2.05) is 0 Å². The molecule has 12 unspecified atom stereocenters. The molecule has 30 heavy (non-hydrogen) atoms. The van der Waals surface area contributed by atoms with Gasteiger partial charge in [-0.15, -0.1) is 0 Å². The minimum atomic E-state index is 0.669. The van der Waals surface area contributed by atoms with E-state index in [9.17, 15) is 0 Å². The number of hydrogen-bond donors (Lipinski definition) is 0. The van der Waals surface area contributed by atoms with Crippen LogP contribution in [-0.2, 0) is 0 Å². The third-order valence-corrected chi connectivity index (χ3v) is 12.2. The molecule has 12 atom stereocenters. The molecule has 0 heteroatoms. The lowest BCUT2D eigenvalue weighted by Crippen LogP contribution is -2.58. The van der Waals surface area contributed by atoms with Gasteiger partial charge in [0.05, 0.1) is 0 Å². The van der Waals surface area contributed by atoms with Gasteiger partial charge in [-0.05, 0) is 134 Å². The largest absolute Gasteiger partial charge is 0.0625 e. The van der Waals surface area contributed by atoms with Crippen LogP contribution >= 0.6 is 0 Å². The maximum Gasteiger partial charge on any atom is -0.0289 e. The monoisotopic (exact) mass is 412 g/mol. The first-order valence-corrected chi connectivity index (χ1v) is 14.2. The zero-order valence-electron chi connectivity index (χ0n) is 21.4. The van der Waals surface area contributed by atoms with E-state index in [1.165, 1.54) is 19.3 Å². The summed E-state index contributed by atoms with van der Waals surface area (Å²) in [5.74, 6) is 13.2. The van der Waals surface area contributed by atoms with Gasteiger partial charge >= 0.3 is 0 Å². The van der Waals surface area contributed by atoms with Crippen molar-refractivity contribution in [3.63, 3.8) is 0 Å². The van der Waals surface area contributed by atoms with E-state index in [4.69, 9.17) is 0 Å². The Bertz CT molecular complexity index is 618. The van der Waals surface area contributed by atoms with Crippen LogP contribution in [0.2, 0.25) is 0 Å². The topological polar surface area (TPSA) is 0 Å². The molecule has 5 aliphatic carbocycles. The second-order valence-electron chi connectivity index (χ2n) is 14.4. The highest BCUT2D eigenvalue weighted by molar-refractivity contribution is 5.09. The summed E-state index contributed by atoms with van der Waals surface area (Å²) >= 11 is 0. The fraction of sp³-hybridized carbons (Fsp3) is 1.00. The van der Waals surface area contributed by atoms with Crippen molar-refractivity contribution in [3.05, 3.63) is 0 Å². The molecule has 0 spiro atoms. The molecule has 172 valence electrons. The average Bonchev–Trinajstić information content (AvgIpc) is 2.66. The summed E-state index contributed by atoms with van der Waals surface area (Å²) in [6, 6.07) is 0. The lowest BCUT2D eigenvalue weighted by atomic mass is 9.39. The van der Waals surface area contributed by atoms with Gasteiger partial charge in [0.2, 0.25) is 0 Å². The molecule has 0 heterocycles. The summed E-state index contributed by atoms with van der Waals surface area (Å²) in [6.07, 6.45) is 14.1. The molecular formula is C30H52. The van der Waals surface area contributed by atoms with Crippen molar-refractivity contribution in [1.82, 2.24) is 0 Å². The van der Waals surface area contributed by atoms with E-state index in [2.05, 4.69) is 48.5 Å². The quantitative estimate of drug-likeness (QED) is 0.425. The van der Waals surface area contributed by atoms with E-state index in [0.29, 0.717) is 5.41 Å². The van der Waals surface area contributed by atoms with Crippen LogP contribution in [0.25, 0.3) is 0 Å². The third kappa shape index (κ3) is 3.36. The summed E-state index contributed by atoms with van der Waals surface area (Å²) in [4.78, 5) is 0. The van der Waals surface area contributed by atoms with Crippen LogP contribution in [0.15, 0.2) is 0 Å². The van der Waals surface area contributed by atoms with Gasteiger partial charge < -0.3 is 0 Å². The highest BCUT2D eigenvalue weighted by atomic mass is 14.7. The summed E-state index contributed by atoms with van der Waals surface area (Å²) in [5.41, 5.74) is 0.669. The van der Waals surface area contributed by atoms with Crippen molar-refractivity contribution in [1.29, 1.82) is 0 Å². The zero-order chi connectivity index (χ0) is 21.4. The molecule has 5 fully saturated rings. The van der Waals surface area contributed by atoms with Crippen LogP contribution in [0.1, 0.15) is 106 Å². The first-order chi connectivity index (χ1) is 14.2. The number of fused-ring (bicyclic) bond motifs is 3. The van der Waals surface area contributed by atoms with Crippen LogP contribution in [0, 0.1) is 82.3 Å². The molecule has 0 saturated heterocycles. The Morgan fingerprint density at radius 2 is 1.33 bits per heavy atom. The van der Waals surface area contributed by atoms with Gasteiger partial charge in [-0.1, -0.05) is 54.9 Å². The fourth-order valence-electron chi connectivity index (χ4n) is 11.1. The van der Waals surface area contributed by atoms with Crippen LogP contribution in [0.3, 0.4) is 0 Å². The molecular weight excluding hydrogens is 360 g/mol. The predicted octanol–water partition coefficient (Wildman–Crippen LogP) is 8.70. The fourth-order valence-corrected chi connectivity index (χ4v) is 11.1. The zero-order valence-corrected chi connectivity index (χ0v) is 21.4. The van der Waals surface area contributed by atoms with E-state index >= 15 is 0 Å². The first kappa shape index (κ1) is 21.8. The van der Waals surface area contributed by atoms with Crippen molar-refractivity contribution in [3.8, 4) is 0 Å². The van der Waals surface area contributed by atoms with Gasteiger partial charge in [-0.3, -0.25) is 0 Å². The molecule has 0 radical (unpaired) electrons. The summed E-state index contributed by atoms with van der Waals surface area (Å²) in [7, 11) is 0. The molecule has 0 aromatic rings. The average molecular weight is 413 g/mol. The number of rotatable bonds is 2. The predicted molar refractivity (Wildman–Crippen MR) is 129 cm³/mol. The Balaban J connectivity index is 1.47. The van der Waals surface area contributed by atoms with Crippen molar-refractivity contribution in [2.45, 2.75) is 106 Å². The molecule has 5 saturated carbocycles. The van der Waals surface area contributed by atoms with Crippen LogP contribution < -0.4 is 0 Å². The first-order valence-electron chi connectivity index (χ1n) is 14.2. The highest BCUT2D eigenvalue weighted by Crippen LogP contribution is 2.68. The standard InChI is InChI=1S/C30H52/c1-17(2)22-9-8-20(6)24-15-25-21(14-26(22)24)16-30(7)11-10-23(18(3)4)27-12-19(5)13-28(25)29(27)30/h17-29H,8-16H2,1-7H3. The van der Waals surface area contributed by atoms with Gasteiger partial charge in [-0.2, -0.15) is 0 Å². The molecule has 0 aromatic carbocycles. The minimum Gasteiger partial charge on any atom is -0.0625 e. The molecule has 0 aliphatic heterocycles. The van der Waals surface area contributed by atoms with Crippen LogP contribution in [0.4, 0.5) is 0 Å². The lowest BCUT2D eigenvalue weighted by Gasteiger charge is -2.66. The summed E-state index contributed by atoms with van der Waals surface area (Å²) in [6.45, 7) is 18.2. The SMILES string of the molecule is CC1CC2C(C(C)C)CCC3(C)CC4CC5C(C(C)C)CCC(C)C5CC4C(C1)C23. The van der Waals surface area contributed by atoms with Crippen molar-refractivity contribution >= 4 is 0 Å². The van der Waals surface area contributed by atoms with E-state index < -0.39 is 0 Å². The van der Waals surface area contributed by atoms with Gasteiger partial charge in [0.1, 0.15) is 0 Å². The maximum atomic E-state index is 2.77. The summed E-state index contributed by atoms with van der Waals surface area (Å²) < 4.78 is 0. The molecule has 0 nitrogen and oxygen atoms in total. The van der Waals surface area contributed by atoms with Gasteiger partial charge in [0.25, 0.3) is 0 Å². The molecule has 0 aromatic heterocycles. The van der Waals surface area contributed by atoms with Crippen molar-refractivity contribution in [2.75, 3.05) is 0 Å². The smallest absolute Gasteiger partial charge is 0.0289 e. The Morgan fingerprint density at radius 3 is 2.03 bits per heavy atom. The second kappa shape index (κ2) is 7.80. The second-order valence-corrected chi connectivity index (χ2v) is 14.4. The molecule has 0 N–H and O–H groups in total. The molecule has 0 bridgehead atoms. The minimum absolute atomic E-state index is 0.669. The van der Waals surface area contributed by atoms with Gasteiger partial charge in [0.15, 0.2) is 0 Å². The number of hydrogen-bond acceptors (Lipinski definition) is 0. The Hall–Kier alpha value is 0. The van der Waals surface area contributed by atoms with E-state index in [1.54, 1.807) is 38.5 Å². The summed E-state index contributed by atoms with van der Waals surface area (Å²) in [5, 5.41) is 0. The van der Waals surface area contributed by atoms with Gasteiger partial charge in [-0.25, -0.2) is 0 Å². The lowest BCUT2D eigenvalue weighted by molar-refractivity contribution is -0.170. The highest BCUT2D eigenvalue weighted by Gasteiger charge is 2.60. The van der Waals surface area contributed by atoms with Crippen molar-refractivity contribution < 1.29 is 0 Å². The normalized spacial score (nSPS) is 55.7. The van der Waals surface area contributed by atoms with Gasteiger partial charge in [0, 0.05) is 0 Å². The molecule has 5 aliphatic rings. The Labute approximate surface area is 188 Å². The van der Waals surface area contributed by atoms with Crippen LogP contribution in [-0.4, -0.2) is 0 Å². The molecule has 0 amide bonds. The Morgan fingerprint density at radius 1 is 0.667 bits per heavy atom. The van der Waals surface area contributed by atoms with Crippen LogP contribution in [0.5, 0.6) is 0 Å². The van der Waals surface area contributed by atoms with E-state index in [0.717, 1.165) is 76.9 Å². The molecule has 5 rings (SSSR count). The van der Waals surface area contributed by atoms with Crippen molar-refractivity contribution in [2.24, 2.45) is 82.3 Å². The third-order valence-electron chi connectivity index (χ3n) is 12.2. The Kier molecular flexibility index (Phi) is 5.67. The van der Waals surface area contributed by atoms with E-state index in [-0.39, 0.29) is 0 Å². The maximum absolute atomic E-state index is 2.77.